The van der Waals surface area contributed by atoms with Gasteiger partial charge in [0.15, 0.2) is 0 Å². The lowest BCUT2D eigenvalue weighted by molar-refractivity contribution is -0.119. The Kier molecular flexibility index (Phi) is 4.33. The van der Waals surface area contributed by atoms with E-state index in [1.54, 1.807) is 11.8 Å². The fourth-order valence-corrected chi connectivity index (χ4v) is 4.72. The van der Waals surface area contributed by atoms with E-state index in [2.05, 4.69) is 36.1 Å². The molecule has 24 heavy (non-hydrogen) atoms. The quantitative estimate of drug-likeness (QED) is 0.803. The molecule has 4 heteroatoms. The molecule has 1 atom stereocenters. The molecule has 1 amide bonds. The Balaban J connectivity index is 1.65. The molecule has 0 bridgehead atoms. The number of carbonyl (C=O) groups is 1. The maximum Gasteiger partial charge on any atom is 0.245 e. The van der Waals surface area contributed by atoms with Crippen LogP contribution in [0.2, 0.25) is 0 Å². The summed E-state index contributed by atoms with van der Waals surface area (Å²) < 4.78 is 0. The zero-order valence-corrected chi connectivity index (χ0v) is 14.8. The van der Waals surface area contributed by atoms with Crippen molar-refractivity contribution in [3.05, 3.63) is 48.5 Å². The Bertz CT molecular complexity index is 715. The molecule has 2 aliphatic rings. The lowest BCUT2D eigenvalue weighted by Crippen LogP contribution is -2.43. The van der Waals surface area contributed by atoms with E-state index in [-0.39, 0.29) is 5.91 Å². The van der Waals surface area contributed by atoms with Crippen molar-refractivity contribution in [1.29, 1.82) is 0 Å². The van der Waals surface area contributed by atoms with E-state index in [1.165, 1.54) is 12.8 Å². The van der Waals surface area contributed by atoms with E-state index in [1.807, 2.05) is 29.2 Å². The van der Waals surface area contributed by atoms with Crippen LogP contribution in [-0.4, -0.2) is 30.4 Å². The fraction of sp³-hybridized carbons (Fsp3) is 0.350. The average molecular weight is 338 g/mol. The van der Waals surface area contributed by atoms with Crippen molar-refractivity contribution in [3.63, 3.8) is 0 Å². The second kappa shape index (κ2) is 6.61. The van der Waals surface area contributed by atoms with E-state index in [4.69, 9.17) is 0 Å². The Morgan fingerprint density at radius 3 is 2.33 bits per heavy atom. The first kappa shape index (κ1) is 15.7. The summed E-state index contributed by atoms with van der Waals surface area (Å²) in [6, 6.07) is 16.4. The second-order valence-electron chi connectivity index (χ2n) is 6.75. The molecule has 0 saturated carbocycles. The van der Waals surface area contributed by atoms with Gasteiger partial charge in [-0.05, 0) is 49.6 Å². The first-order valence-corrected chi connectivity index (χ1v) is 9.45. The average Bonchev–Trinajstić information content (AvgIpc) is 2.59. The van der Waals surface area contributed by atoms with E-state index in [0.29, 0.717) is 12.5 Å². The molecule has 1 saturated heterocycles. The minimum atomic E-state index is 0.171. The zero-order valence-electron chi connectivity index (χ0n) is 13.9. The Morgan fingerprint density at radius 1 is 1.08 bits per heavy atom. The number of piperidine rings is 1. The molecule has 0 aliphatic carbocycles. The molecular formula is C20H22N2OS. The zero-order chi connectivity index (χ0) is 16.5. The molecule has 0 spiro atoms. The first-order chi connectivity index (χ1) is 11.7. The predicted molar refractivity (Wildman–Crippen MR) is 99.0 cm³/mol. The summed E-state index contributed by atoms with van der Waals surface area (Å²) >= 11 is 1.74. The number of amides is 1. The molecule has 0 unspecified atom stereocenters. The van der Waals surface area contributed by atoms with Crippen LogP contribution < -0.4 is 4.90 Å². The highest BCUT2D eigenvalue weighted by atomic mass is 32.2. The van der Waals surface area contributed by atoms with Crippen molar-refractivity contribution in [2.24, 2.45) is 5.92 Å². The third-order valence-corrected chi connectivity index (χ3v) is 5.91. The Labute approximate surface area is 147 Å². The van der Waals surface area contributed by atoms with Gasteiger partial charge in [0.1, 0.15) is 0 Å². The summed E-state index contributed by atoms with van der Waals surface area (Å²) in [6.45, 7) is 4.83. The standard InChI is InChI=1S/C20H22N2OS/c1-15-7-6-12-21(13-15)14-20(23)22-16-8-2-4-10-18(16)24-19-11-5-3-9-17(19)22/h2-5,8-11,15H,6-7,12-14H2,1H3/t15-/m0/s1. The number of nitrogens with zero attached hydrogens (tertiary/aromatic N) is 2. The normalized spacial score (nSPS) is 20.4. The number of fused-ring (bicyclic) bond motifs is 2. The molecule has 1 fully saturated rings. The highest BCUT2D eigenvalue weighted by molar-refractivity contribution is 7.99. The molecule has 2 heterocycles. The minimum absolute atomic E-state index is 0.171. The SMILES string of the molecule is C[C@H]1CCCN(CC(=O)N2c3ccccc3Sc3ccccc32)C1. The summed E-state index contributed by atoms with van der Waals surface area (Å²) in [7, 11) is 0. The van der Waals surface area contributed by atoms with Crippen LogP contribution in [0.1, 0.15) is 19.8 Å². The Morgan fingerprint density at radius 2 is 1.71 bits per heavy atom. The predicted octanol–water partition coefficient (Wildman–Crippen LogP) is 4.55. The number of hydrogen-bond acceptors (Lipinski definition) is 3. The van der Waals surface area contributed by atoms with Gasteiger partial charge in [-0.1, -0.05) is 43.0 Å². The lowest BCUT2D eigenvalue weighted by atomic mass is 10.0. The highest BCUT2D eigenvalue weighted by Gasteiger charge is 2.29. The summed E-state index contributed by atoms with van der Waals surface area (Å²) in [4.78, 5) is 19.7. The van der Waals surface area contributed by atoms with Gasteiger partial charge in [-0.2, -0.15) is 0 Å². The first-order valence-electron chi connectivity index (χ1n) is 8.63. The third-order valence-electron chi connectivity index (χ3n) is 4.78. The van der Waals surface area contributed by atoms with E-state index < -0.39 is 0 Å². The number of anilines is 2. The van der Waals surface area contributed by atoms with Gasteiger partial charge in [0, 0.05) is 16.3 Å². The summed E-state index contributed by atoms with van der Waals surface area (Å²) in [5, 5.41) is 0. The Hall–Kier alpha value is -1.78. The van der Waals surface area contributed by atoms with Crippen molar-refractivity contribution in [2.75, 3.05) is 24.5 Å². The van der Waals surface area contributed by atoms with Gasteiger partial charge >= 0.3 is 0 Å². The summed E-state index contributed by atoms with van der Waals surface area (Å²) in [6.07, 6.45) is 2.47. The number of hydrogen-bond donors (Lipinski definition) is 0. The fourth-order valence-electron chi connectivity index (χ4n) is 3.67. The van der Waals surface area contributed by atoms with Gasteiger partial charge in [0.05, 0.1) is 17.9 Å². The molecule has 2 aromatic rings. The third kappa shape index (κ3) is 2.96. The number of rotatable bonds is 2. The number of carbonyl (C=O) groups excluding carboxylic acids is 1. The molecule has 4 rings (SSSR count). The van der Waals surface area contributed by atoms with Crippen molar-refractivity contribution in [1.82, 2.24) is 4.90 Å². The number of para-hydroxylation sites is 2. The maximum atomic E-state index is 13.2. The molecule has 0 radical (unpaired) electrons. The minimum Gasteiger partial charge on any atom is -0.294 e. The van der Waals surface area contributed by atoms with E-state index in [9.17, 15) is 4.79 Å². The topological polar surface area (TPSA) is 23.6 Å². The van der Waals surface area contributed by atoms with Crippen LogP contribution in [0.15, 0.2) is 58.3 Å². The maximum absolute atomic E-state index is 13.2. The lowest BCUT2D eigenvalue weighted by Gasteiger charge is -2.35. The van der Waals surface area contributed by atoms with Crippen LogP contribution in [0, 0.1) is 5.92 Å². The van der Waals surface area contributed by atoms with Gasteiger partial charge in [-0.15, -0.1) is 0 Å². The van der Waals surface area contributed by atoms with Crippen molar-refractivity contribution < 1.29 is 4.79 Å². The molecule has 3 nitrogen and oxygen atoms in total. The van der Waals surface area contributed by atoms with Crippen molar-refractivity contribution >= 4 is 29.0 Å². The molecule has 0 aromatic heterocycles. The van der Waals surface area contributed by atoms with Gasteiger partial charge in [0.2, 0.25) is 5.91 Å². The van der Waals surface area contributed by atoms with E-state index in [0.717, 1.165) is 34.3 Å². The van der Waals surface area contributed by atoms with Gasteiger partial charge < -0.3 is 0 Å². The summed E-state index contributed by atoms with van der Waals surface area (Å²) in [5.74, 6) is 0.854. The van der Waals surface area contributed by atoms with Gasteiger partial charge in [-0.3, -0.25) is 14.6 Å². The smallest absolute Gasteiger partial charge is 0.245 e. The second-order valence-corrected chi connectivity index (χ2v) is 7.83. The molecule has 0 N–H and O–H groups in total. The van der Waals surface area contributed by atoms with Gasteiger partial charge in [-0.25, -0.2) is 0 Å². The monoisotopic (exact) mass is 338 g/mol. The summed E-state index contributed by atoms with van der Waals surface area (Å²) in [5.41, 5.74) is 2.02. The van der Waals surface area contributed by atoms with Crippen LogP contribution in [0.4, 0.5) is 11.4 Å². The van der Waals surface area contributed by atoms with E-state index >= 15 is 0 Å². The van der Waals surface area contributed by atoms with Crippen LogP contribution in [0.25, 0.3) is 0 Å². The van der Waals surface area contributed by atoms with Crippen molar-refractivity contribution in [2.45, 2.75) is 29.6 Å². The molecule has 2 aliphatic heterocycles. The van der Waals surface area contributed by atoms with Crippen LogP contribution >= 0.6 is 11.8 Å². The van der Waals surface area contributed by atoms with Gasteiger partial charge in [0.25, 0.3) is 0 Å². The van der Waals surface area contributed by atoms with Crippen LogP contribution in [-0.2, 0) is 4.79 Å². The molecular weight excluding hydrogens is 316 g/mol. The van der Waals surface area contributed by atoms with Crippen LogP contribution in [0.5, 0.6) is 0 Å². The number of benzene rings is 2. The molecule has 2 aromatic carbocycles. The number of likely N-dealkylation sites (tertiary alicyclic amines) is 1. The highest BCUT2D eigenvalue weighted by Crippen LogP contribution is 2.47. The largest absolute Gasteiger partial charge is 0.294 e. The molecule has 124 valence electrons. The van der Waals surface area contributed by atoms with Crippen LogP contribution in [0.3, 0.4) is 0 Å². The van der Waals surface area contributed by atoms with Crippen molar-refractivity contribution in [3.8, 4) is 0 Å².